The first-order valence-electron chi connectivity index (χ1n) is 4.58. The summed E-state index contributed by atoms with van der Waals surface area (Å²) in [5, 5.41) is 7.07. The second kappa shape index (κ2) is 2.59. The first-order chi connectivity index (χ1) is 5.76. The molecule has 0 unspecified atom stereocenters. The second-order valence-corrected chi connectivity index (χ2v) is 3.67. The van der Waals surface area contributed by atoms with E-state index in [9.17, 15) is 0 Å². The molecule has 2 rings (SSSR count). The number of H-pyrrole nitrogens is 1. The lowest BCUT2D eigenvalue weighted by Crippen LogP contribution is -2.19. The summed E-state index contributed by atoms with van der Waals surface area (Å²) in [5.41, 5.74) is 8.53. The highest BCUT2D eigenvalue weighted by Crippen LogP contribution is 2.43. The molecule has 1 aliphatic carbocycles. The molecule has 3 N–H and O–H groups in total. The average molecular weight is 165 g/mol. The Balaban J connectivity index is 2.24. The smallest absolute Gasteiger partial charge is 0.0540 e. The number of rotatable bonds is 3. The monoisotopic (exact) mass is 165 g/mol. The molecule has 1 fully saturated rings. The molecular weight excluding hydrogens is 150 g/mol. The summed E-state index contributed by atoms with van der Waals surface area (Å²) in [5.74, 6) is 0. The number of hydrogen-bond acceptors (Lipinski definition) is 2. The minimum Gasteiger partial charge on any atom is -0.321 e. The molecule has 0 aliphatic heterocycles. The van der Waals surface area contributed by atoms with Crippen LogP contribution in [0.15, 0.2) is 6.20 Å². The molecule has 0 saturated heterocycles. The Morgan fingerprint density at radius 1 is 1.67 bits per heavy atom. The molecule has 12 heavy (non-hydrogen) atoms. The van der Waals surface area contributed by atoms with Crippen LogP contribution in [0.1, 0.15) is 37.4 Å². The molecule has 66 valence electrons. The standard InChI is InChI=1S/C9H15N3/c1-2-3-8-7(6-11-12-8)9(10)4-5-9/h6H,2-5,10H2,1H3,(H,11,12). The zero-order valence-corrected chi connectivity index (χ0v) is 7.43. The van der Waals surface area contributed by atoms with Crippen LogP contribution in [0.25, 0.3) is 0 Å². The van der Waals surface area contributed by atoms with Crippen LogP contribution in [0, 0.1) is 0 Å². The van der Waals surface area contributed by atoms with Crippen molar-refractivity contribution in [2.45, 2.75) is 38.1 Å². The molecule has 0 amide bonds. The van der Waals surface area contributed by atoms with Crippen LogP contribution < -0.4 is 5.73 Å². The van der Waals surface area contributed by atoms with Crippen molar-refractivity contribution < 1.29 is 0 Å². The summed E-state index contributed by atoms with van der Waals surface area (Å²) in [6.07, 6.45) is 6.32. The van der Waals surface area contributed by atoms with Crippen molar-refractivity contribution in [3.8, 4) is 0 Å². The number of aromatic amines is 1. The minimum atomic E-state index is -0.0303. The van der Waals surface area contributed by atoms with E-state index in [-0.39, 0.29) is 5.54 Å². The number of hydrogen-bond donors (Lipinski definition) is 2. The van der Waals surface area contributed by atoms with Gasteiger partial charge in [0.15, 0.2) is 0 Å². The van der Waals surface area contributed by atoms with Gasteiger partial charge in [-0.3, -0.25) is 5.10 Å². The maximum absolute atomic E-state index is 6.08. The van der Waals surface area contributed by atoms with E-state index in [2.05, 4.69) is 17.1 Å². The van der Waals surface area contributed by atoms with E-state index in [1.807, 2.05) is 6.20 Å². The third-order valence-electron chi connectivity index (χ3n) is 2.54. The molecule has 0 aromatic carbocycles. The van der Waals surface area contributed by atoms with Crippen molar-refractivity contribution in [1.29, 1.82) is 0 Å². The molecule has 0 spiro atoms. The lowest BCUT2D eigenvalue weighted by atomic mass is 10.0. The predicted molar refractivity (Wildman–Crippen MR) is 47.7 cm³/mol. The fourth-order valence-corrected chi connectivity index (χ4v) is 1.59. The van der Waals surface area contributed by atoms with Gasteiger partial charge in [0.25, 0.3) is 0 Å². The van der Waals surface area contributed by atoms with E-state index in [4.69, 9.17) is 5.73 Å². The Labute approximate surface area is 72.4 Å². The number of aryl methyl sites for hydroxylation is 1. The van der Waals surface area contributed by atoms with Crippen LogP contribution in [0.3, 0.4) is 0 Å². The van der Waals surface area contributed by atoms with Crippen molar-refractivity contribution in [2.24, 2.45) is 5.73 Å². The fourth-order valence-electron chi connectivity index (χ4n) is 1.59. The maximum Gasteiger partial charge on any atom is 0.0540 e. The van der Waals surface area contributed by atoms with E-state index >= 15 is 0 Å². The molecule has 1 heterocycles. The van der Waals surface area contributed by atoms with Crippen LogP contribution in [0.4, 0.5) is 0 Å². The van der Waals surface area contributed by atoms with Crippen LogP contribution in [-0.4, -0.2) is 10.2 Å². The van der Waals surface area contributed by atoms with Crippen molar-refractivity contribution in [3.63, 3.8) is 0 Å². The van der Waals surface area contributed by atoms with Gasteiger partial charge >= 0.3 is 0 Å². The molecule has 1 aromatic heterocycles. The van der Waals surface area contributed by atoms with Gasteiger partial charge in [-0.15, -0.1) is 0 Å². The highest BCUT2D eigenvalue weighted by Gasteiger charge is 2.42. The third kappa shape index (κ3) is 1.14. The van der Waals surface area contributed by atoms with Gasteiger partial charge in [0.2, 0.25) is 0 Å². The predicted octanol–water partition coefficient (Wildman–Crippen LogP) is 1.31. The first-order valence-corrected chi connectivity index (χ1v) is 4.58. The Bertz CT molecular complexity index is 273. The van der Waals surface area contributed by atoms with Crippen molar-refractivity contribution in [2.75, 3.05) is 0 Å². The van der Waals surface area contributed by atoms with E-state index in [0.29, 0.717) is 0 Å². The van der Waals surface area contributed by atoms with E-state index in [1.54, 1.807) is 0 Å². The van der Waals surface area contributed by atoms with Gasteiger partial charge in [0.1, 0.15) is 0 Å². The maximum atomic E-state index is 6.08. The number of nitrogens with zero attached hydrogens (tertiary/aromatic N) is 1. The summed E-state index contributed by atoms with van der Waals surface area (Å²) in [7, 11) is 0. The normalized spacial score (nSPS) is 19.5. The number of aromatic nitrogens is 2. The Morgan fingerprint density at radius 2 is 2.42 bits per heavy atom. The van der Waals surface area contributed by atoms with Crippen molar-refractivity contribution in [1.82, 2.24) is 10.2 Å². The molecule has 3 nitrogen and oxygen atoms in total. The van der Waals surface area contributed by atoms with E-state index < -0.39 is 0 Å². The SMILES string of the molecule is CCCc1[nH]ncc1C1(N)CC1. The molecule has 1 aromatic rings. The summed E-state index contributed by atoms with van der Waals surface area (Å²) >= 11 is 0. The zero-order valence-electron chi connectivity index (χ0n) is 7.43. The van der Waals surface area contributed by atoms with Crippen LogP contribution in [0.5, 0.6) is 0 Å². The molecular formula is C9H15N3. The highest BCUT2D eigenvalue weighted by molar-refractivity contribution is 5.31. The summed E-state index contributed by atoms with van der Waals surface area (Å²) in [6.45, 7) is 2.17. The number of nitrogens with one attached hydrogen (secondary N) is 1. The van der Waals surface area contributed by atoms with Gasteiger partial charge < -0.3 is 5.73 Å². The first kappa shape index (κ1) is 7.80. The van der Waals surface area contributed by atoms with Gasteiger partial charge in [-0.1, -0.05) is 13.3 Å². The average Bonchev–Trinajstić information content (AvgIpc) is 2.64. The van der Waals surface area contributed by atoms with E-state index in [0.717, 1.165) is 25.7 Å². The molecule has 1 aliphatic rings. The quantitative estimate of drug-likeness (QED) is 0.709. The minimum absolute atomic E-state index is 0.0303. The molecule has 1 saturated carbocycles. The second-order valence-electron chi connectivity index (χ2n) is 3.67. The molecule has 0 atom stereocenters. The topological polar surface area (TPSA) is 54.7 Å². The van der Waals surface area contributed by atoms with Crippen LogP contribution in [0.2, 0.25) is 0 Å². The molecule has 0 radical (unpaired) electrons. The Kier molecular flexibility index (Phi) is 1.68. The van der Waals surface area contributed by atoms with E-state index in [1.165, 1.54) is 11.3 Å². The Morgan fingerprint density at radius 3 is 3.00 bits per heavy atom. The summed E-state index contributed by atoms with van der Waals surface area (Å²) in [4.78, 5) is 0. The van der Waals surface area contributed by atoms with Gasteiger partial charge in [-0.05, 0) is 19.3 Å². The summed E-state index contributed by atoms with van der Waals surface area (Å²) in [6, 6.07) is 0. The summed E-state index contributed by atoms with van der Waals surface area (Å²) < 4.78 is 0. The lowest BCUT2D eigenvalue weighted by molar-refractivity contribution is 0.718. The third-order valence-corrected chi connectivity index (χ3v) is 2.54. The zero-order chi connectivity index (χ0) is 8.60. The lowest BCUT2D eigenvalue weighted by Gasteiger charge is -2.07. The highest BCUT2D eigenvalue weighted by atomic mass is 15.1. The Hall–Kier alpha value is -0.830. The largest absolute Gasteiger partial charge is 0.321 e. The fraction of sp³-hybridized carbons (Fsp3) is 0.667. The van der Waals surface area contributed by atoms with Crippen molar-refractivity contribution in [3.05, 3.63) is 17.5 Å². The van der Waals surface area contributed by atoms with Gasteiger partial charge in [0.05, 0.1) is 6.20 Å². The van der Waals surface area contributed by atoms with Gasteiger partial charge in [0, 0.05) is 16.8 Å². The molecule has 3 heteroatoms. The van der Waals surface area contributed by atoms with Gasteiger partial charge in [-0.25, -0.2) is 0 Å². The number of nitrogens with two attached hydrogens (primary N) is 1. The van der Waals surface area contributed by atoms with Gasteiger partial charge in [-0.2, -0.15) is 5.10 Å². The molecule has 0 bridgehead atoms. The van der Waals surface area contributed by atoms with Crippen LogP contribution >= 0.6 is 0 Å². The van der Waals surface area contributed by atoms with Crippen molar-refractivity contribution >= 4 is 0 Å². The van der Waals surface area contributed by atoms with Crippen LogP contribution in [-0.2, 0) is 12.0 Å².